The summed E-state index contributed by atoms with van der Waals surface area (Å²) in [6, 6.07) is 12.9. The largest absolute Gasteiger partial charge is 0.416 e. The van der Waals surface area contributed by atoms with Crippen molar-refractivity contribution in [3.8, 4) is 16.8 Å². The van der Waals surface area contributed by atoms with Crippen LogP contribution in [-0.2, 0) is 6.18 Å². The highest BCUT2D eigenvalue weighted by atomic mass is 19.4. The molecular formula is C20H12F4N2. The monoisotopic (exact) mass is 356 g/mol. The maximum absolute atomic E-state index is 13.2. The van der Waals surface area contributed by atoms with Crippen LogP contribution in [0.1, 0.15) is 5.56 Å². The number of alkyl halides is 3. The van der Waals surface area contributed by atoms with Gasteiger partial charge in [0.25, 0.3) is 0 Å². The molecule has 0 unspecified atom stereocenters. The molecule has 0 atom stereocenters. The van der Waals surface area contributed by atoms with Crippen molar-refractivity contribution in [2.75, 3.05) is 0 Å². The van der Waals surface area contributed by atoms with Crippen LogP contribution >= 0.6 is 0 Å². The first-order chi connectivity index (χ1) is 12.4. The van der Waals surface area contributed by atoms with Crippen molar-refractivity contribution in [3.63, 3.8) is 0 Å². The van der Waals surface area contributed by atoms with Gasteiger partial charge in [-0.3, -0.25) is 4.98 Å². The van der Waals surface area contributed by atoms with Gasteiger partial charge in [-0.05, 0) is 48.0 Å². The minimum Gasteiger partial charge on any atom is -0.316 e. The number of benzene rings is 2. The van der Waals surface area contributed by atoms with E-state index in [-0.39, 0.29) is 0 Å². The zero-order valence-corrected chi connectivity index (χ0v) is 13.3. The van der Waals surface area contributed by atoms with E-state index in [4.69, 9.17) is 0 Å². The van der Waals surface area contributed by atoms with Crippen LogP contribution in [0.2, 0.25) is 0 Å². The fourth-order valence-electron chi connectivity index (χ4n) is 2.98. The zero-order valence-electron chi connectivity index (χ0n) is 13.3. The van der Waals surface area contributed by atoms with E-state index < -0.39 is 17.6 Å². The molecule has 6 heteroatoms. The van der Waals surface area contributed by atoms with E-state index >= 15 is 0 Å². The summed E-state index contributed by atoms with van der Waals surface area (Å²) in [6.45, 7) is 0. The molecule has 0 saturated heterocycles. The van der Waals surface area contributed by atoms with Crippen LogP contribution in [0.25, 0.3) is 27.7 Å². The first kappa shape index (κ1) is 16.3. The van der Waals surface area contributed by atoms with Crippen LogP contribution in [-0.4, -0.2) is 9.55 Å². The Morgan fingerprint density at radius 3 is 2.19 bits per heavy atom. The molecule has 0 spiro atoms. The maximum atomic E-state index is 13.2. The number of hydrogen-bond donors (Lipinski definition) is 0. The highest BCUT2D eigenvalue weighted by Gasteiger charge is 2.31. The molecule has 0 N–H and O–H groups in total. The molecule has 0 amide bonds. The summed E-state index contributed by atoms with van der Waals surface area (Å²) in [5.74, 6) is -0.400. The number of nitrogens with zero attached hydrogens (tertiary/aromatic N) is 2. The summed E-state index contributed by atoms with van der Waals surface area (Å²) >= 11 is 0. The SMILES string of the molecule is Fc1ccc(-c2cn(-c3ccncc3)c3ccc(C(F)(F)F)cc23)cc1. The molecule has 0 aliphatic carbocycles. The van der Waals surface area contributed by atoms with E-state index in [9.17, 15) is 17.6 Å². The molecule has 2 heterocycles. The van der Waals surface area contributed by atoms with Gasteiger partial charge in [0.1, 0.15) is 5.82 Å². The van der Waals surface area contributed by atoms with Crippen LogP contribution in [0.4, 0.5) is 17.6 Å². The van der Waals surface area contributed by atoms with Gasteiger partial charge in [-0.1, -0.05) is 12.1 Å². The molecule has 2 aromatic carbocycles. The Bertz CT molecular complexity index is 1060. The molecular weight excluding hydrogens is 344 g/mol. The van der Waals surface area contributed by atoms with E-state index in [1.165, 1.54) is 18.2 Å². The Balaban J connectivity index is 2.01. The van der Waals surface area contributed by atoms with Crippen molar-refractivity contribution in [1.82, 2.24) is 9.55 Å². The Morgan fingerprint density at radius 2 is 1.54 bits per heavy atom. The highest BCUT2D eigenvalue weighted by Crippen LogP contribution is 2.37. The molecule has 26 heavy (non-hydrogen) atoms. The molecule has 0 bridgehead atoms. The first-order valence-electron chi connectivity index (χ1n) is 7.82. The second kappa shape index (κ2) is 5.98. The smallest absolute Gasteiger partial charge is 0.316 e. The van der Waals surface area contributed by atoms with Crippen molar-refractivity contribution in [3.05, 3.63) is 84.6 Å². The Hall–Kier alpha value is -3.15. The normalized spacial score (nSPS) is 11.8. The van der Waals surface area contributed by atoms with Gasteiger partial charge in [0.15, 0.2) is 0 Å². The molecule has 2 nitrogen and oxygen atoms in total. The quantitative estimate of drug-likeness (QED) is 0.412. The lowest BCUT2D eigenvalue weighted by atomic mass is 10.0. The number of aromatic nitrogens is 2. The minimum atomic E-state index is -4.44. The van der Waals surface area contributed by atoms with Gasteiger partial charge in [0, 0.05) is 35.2 Å². The lowest BCUT2D eigenvalue weighted by molar-refractivity contribution is -0.137. The molecule has 0 aliphatic rings. The number of pyridine rings is 1. The molecule has 0 saturated carbocycles. The molecule has 0 fully saturated rings. The number of hydrogen-bond acceptors (Lipinski definition) is 1. The fraction of sp³-hybridized carbons (Fsp3) is 0.0500. The average Bonchev–Trinajstić information content (AvgIpc) is 3.01. The van der Waals surface area contributed by atoms with Crippen molar-refractivity contribution >= 4 is 10.9 Å². The van der Waals surface area contributed by atoms with Crippen LogP contribution < -0.4 is 0 Å². The van der Waals surface area contributed by atoms with Crippen molar-refractivity contribution < 1.29 is 17.6 Å². The summed E-state index contributed by atoms with van der Waals surface area (Å²) in [5, 5.41) is 0.447. The fourth-order valence-corrected chi connectivity index (χ4v) is 2.98. The van der Waals surface area contributed by atoms with Crippen molar-refractivity contribution in [2.24, 2.45) is 0 Å². The maximum Gasteiger partial charge on any atom is 0.416 e. The summed E-state index contributed by atoms with van der Waals surface area (Å²) in [5.41, 5.74) is 1.92. The van der Waals surface area contributed by atoms with Gasteiger partial charge in [0.2, 0.25) is 0 Å². The standard InChI is InChI=1S/C20H12F4N2/c21-15-4-1-13(2-5-15)18-12-26(16-7-9-25-10-8-16)19-6-3-14(11-17(18)19)20(22,23)24/h1-12H. The summed E-state index contributed by atoms with van der Waals surface area (Å²) in [4.78, 5) is 3.97. The number of halogens is 4. The average molecular weight is 356 g/mol. The molecule has 4 rings (SSSR count). The van der Waals surface area contributed by atoms with Crippen LogP contribution in [0.5, 0.6) is 0 Å². The second-order valence-electron chi connectivity index (χ2n) is 5.85. The minimum absolute atomic E-state index is 0.400. The highest BCUT2D eigenvalue weighted by molar-refractivity contribution is 5.97. The second-order valence-corrected chi connectivity index (χ2v) is 5.85. The van der Waals surface area contributed by atoms with Gasteiger partial charge in [0.05, 0.1) is 11.1 Å². The zero-order chi connectivity index (χ0) is 18.3. The first-order valence-corrected chi connectivity index (χ1v) is 7.82. The Labute approximate surface area is 146 Å². The molecule has 0 radical (unpaired) electrons. The van der Waals surface area contributed by atoms with Crippen LogP contribution in [0.3, 0.4) is 0 Å². The van der Waals surface area contributed by atoms with Gasteiger partial charge in [-0.2, -0.15) is 13.2 Å². The van der Waals surface area contributed by atoms with Gasteiger partial charge < -0.3 is 4.57 Å². The molecule has 0 aliphatic heterocycles. The topological polar surface area (TPSA) is 17.8 Å². The predicted molar refractivity (Wildman–Crippen MR) is 91.5 cm³/mol. The lowest BCUT2D eigenvalue weighted by Crippen LogP contribution is -2.04. The van der Waals surface area contributed by atoms with Crippen molar-refractivity contribution in [2.45, 2.75) is 6.18 Å². The van der Waals surface area contributed by atoms with E-state index in [0.717, 1.165) is 17.8 Å². The number of rotatable bonds is 2. The number of fused-ring (bicyclic) bond motifs is 1. The molecule has 4 aromatic rings. The van der Waals surface area contributed by atoms with E-state index in [1.54, 1.807) is 47.4 Å². The Kier molecular flexibility index (Phi) is 3.76. The third kappa shape index (κ3) is 2.83. The van der Waals surface area contributed by atoms with E-state index in [1.807, 2.05) is 0 Å². The molecule has 2 aromatic heterocycles. The predicted octanol–water partition coefficient (Wildman–Crippen LogP) is 5.85. The summed E-state index contributed by atoms with van der Waals surface area (Å²) < 4.78 is 54.6. The van der Waals surface area contributed by atoms with E-state index in [0.29, 0.717) is 22.0 Å². The van der Waals surface area contributed by atoms with Crippen LogP contribution in [0, 0.1) is 5.82 Å². The third-order valence-electron chi connectivity index (χ3n) is 4.23. The Morgan fingerprint density at radius 1 is 0.846 bits per heavy atom. The lowest BCUT2D eigenvalue weighted by Gasteiger charge is -2.08. The van der Waals surface area contributed by atoms with Gasteiger partial charge in [-0.15, -0.1) is 0 Å². The van der Waals surface area contributed by atoms with Crippen molar-refractivity contribution in [1.29, 1.82) is 0 Å². The van der Waals surface area contributed by atoms with E-state index in [2.05, 4.69) is 4.98 Å². The summed E-state index contributed by atoms with van der Waals surface area (Å²) in [6.07, 6.45) is 0.548. The summed E-state index contributed by atoms with van der Waals surface area (Å²) in [7, 11) is 0. The van der Waals surface area contributed by atoms with Gasteiger partial charge >= 0.3 is 6.18 Å². The van der Waals surface area contributed by atoms with Gasteiger partial charge in [-0.25, -0.2) is 4.39 Å². The molecule has 130 valence electrons. The third-order valence-corrected chi connectivity index (χ3v) is 4.23. The van der Waals surface area contributed by atoms with Crippen LogP contribution in [0.15, 0.2) is 73.2 Å².